The Morgan fingerprint density at radius 3 is 2.06 bits per heavy atom. The van der Waals surface area contributed by atoms with Crippen LogP contribution in [0, 0.1) is 11.2 Å². The first-order chi connectivity index (χ1) is 8.21. The number of carbonyl (C=O) groups is 2. The van der Waals surface area contributed by atoms with E-state index in [1.165, 1.54) is 30.8 Å². The van der Waals surface area contributed by atoms with Crippen LogP contribution in [0.15, 0.2) is 29.2 Å². The molecule has 0 heterocycles. The van der Waals surface area contributed by atoms with Gasteiger partial charge in [-0.1, -0.05) is 20.8 Å². The fourth-order valence-corrected chi connectivity index (χ4v) is 2.56. The smallest absolute Gasteiger partial charge is 0.158 e. The van der Waals surface area contributed by atoms with Gasteiger partial charge in [0.2, 0.25) is 0 Å². The Morgan fingerprint density at radius 1 is 1.17 bits per heavy atom. The summed E-state index contributed by atoms with van der Waals surface area (Å²) in [4.78, 5) is 24.5. The minimum absolute atomic E-state index is 0.107. The van der Waals surface area contributed by atoms with Crippen LogP contribution >= 0.6 is 11.8 Å². The second kappa shape index (κ2) is 5.65. The average Bonchev–Trinajstić information content (AvgIpc) is 2.25. The number of hydrogen-bond donors (Lipinski definition) is 0. The number of hydrogen-bond acceptors (Lipinski definition) is 3. The average molecular weight is 268 g/mol. The van der Waals surface area contributed by atoms with Crippen molar-refractivity contribution in [2.75, 3.05) is 0 Å². The van der Waals surface area contributed by atoms with Gasteiger partial charge in [-0.15, -0.1) is 11.8 Å². The van der Waals surface area contributed by atoms with E-state index in [-0.39, 0.29) is 17.4 Å². The maximum atomic E-state index is 12.8. The molecule has 0 N–H and O–H groups in total. The fraction of sp³-hybridized carbons (Fsp3) is 0.429. The van der Waals surface area contributed by atoms with Crippen molar-refractivity contribution in [3.63, 3.8) is 0 Å². The molecule has 0 radical (unpaired) electrons. The summed E-state index contributed by atoms with van der Waals surface area (Å²) in [7, 11) is 0. The first-order valence-corrected chi connectivity index (χ1v) is 6.57. The molecule has 4 heteroatoms. The van der Waals surface area contributed by atoms with Crippen LogP contribution in [0.25, 0.3) is 0 Å². The van der Waals surface area contributed by atoms with Crippen molar-refractivity contribution in [1.29, 1.82) is 0 Å². The van der Waals surface area contributed by atoms with E-state index in [1.54, 1.807) is 32.9 Å². The van der Waals surface area contributed by atoms with Crippen LogP contribution in [-0.4, -0.2) is 16.8 Å². The van der Waals surface area contributed by atoms with Crippen molar-refractivity contribution in [2.45, 2.75) is 37.8 Å². The molecule has 0 saturated carbocycles. The molecule has 0 aliphatic heterocycles. The third-order valence-corrected chi connectivity index (χ3v) is 3.74. The first kappa shape index (κ1) is 14.9. The van der Waals surface area contributed by atoms with E-state index in [9.17, 15) is 14.0 Å². The molecule has 0 amide bonds. The zero-order valence-corrected chi connectivity index (χ0v) is 11.8. The van der Waals surface area contributed by atoms with Crippen LogP contribution in [0.4, 0.5) is 4.39 Å². The number of halogens is 1. The molecule has 0 aliphatic rings. The van der Waals surface area contributed by atoms with Gasteiger partial charge in [-0.3, -0.25) is 9.59 Å². The Balaban J connectivity index is 2.91. The number of rotatable bonds is 4. The van der Waals surface area contributed by atoms with Gasteiger partial charge in [-0.05, 0) is 31.2 Å². The highest BCUT2D eigenvalue weighted by Gasteiger charge is 2.33. The normalized spacial score (nSPS) is 13.2. The van der Waals surface area contributed by atoms with Crippen molar-refractivity contribution in [3.8, 4) is 0 Å². The van der Waals surface area contributed by atoms with Crippen molar-refractivity contribution in [1.82, 2.24) is 0 Å². The van der Waals surface area contributed by atoms with Crippen molar-refractivity contribution in [2.24, 2.45) is 5.41 Å². The Labute approximate surface area is 111 Å². The molecule has 0 aromatic heterocycles. The molecule has 1 rings (SSSR count). The summed E-state index contributed by atoms with van der Waals surface area (Å²) in [5.74, 6) is -0.616. The molecule has 2 nitrogen and oxygen atoms in total. The second-order valence-electron chi connectivity index (χ2n) is 5.18. The van der Waals surface area contributed by atoms with E-state index >= 15 is 0 Å². The Bertz CT molecular complexity index is 446. The third kappa shape index (κ3) is 3.95. The van der Waals surface area contributed by atoms with Gasteiger partial charge in [0.1, 0.15) is 11.1 Å². The highest BCUT2D eigenvalue weighted by atomic mass is 32.2. The lowest BCUT2D eigenvalue weighted by atomic mass is 9.88. The number of ketones is 2. The minimum Gasteiger partial charge on any atom is -0.298 e. The summed E-state index contributed by atoms with van der Waals surface area (Å²) >= 11 is 1.17. The fourth-order valence-electron chi connectivity index (χ4n) is 1.36. The zero-order valence-electron chi connectivity index (χ0n) is 11.0. The summed E-state index contributed by atoms with van der Waals surface area (Å²) in [5.41, 5.74) is -0.566. The Morgan fingerprint density at radius 2 is 1.67 bits per heavy atom. The van der Waals surface area contributed by atoms with Crippen LogP contribution in [0.3, 0.4) is 0 Å². The number of thioether (sulfide) groups is 1. The number of Topliss-reactive ketones (excluding diaryl/α,β-unsaturated/α-hetero) is 2. The molecular weight excluding hydrogens is 251 g/mol. The van der Waals surface area contributed by atoms with Crippen LogP contribution in [0.2, 0.25) is 0 Å². The number of carbonyl (C=O) groups excluding carboxylic acids is 2. The molecule has 0 fully saturated rings. The summed E-state index contributed by atoms with van der Waals surface area (Å²) in [6.07, 6.45) is 0. The molecule has 1 unspecified atom stereocenters. The molecule has 0 saturated heterocycles. The molecule has 1 atom stereocenters. The van der Waals surface area contributed by atoms with Crippen molar-refractivity contribution < 1.29 is 14.0 Å². The molecule has 0 bridgehead atoms. The highest BCUT2D eigenvalue weighted by Crippen LogP contribution is 2.30. The maximum Gasteiger partial charge on any atom is 0.158 e. The van der Waals surface area contributed by atoms with Crippen molar-refractivity contribution >= 4 is 23.3 Å². The quantitative estimate of drug-likeness (QED) is 0.619. The van der Waals surface area contributed by atoms with Crippen LogP contribution < -0.4 is 0 Å². The van der Waals surface area contributed by atoms with Crippen LogP contribution in [0.1, 0.15) is 27.7 Å². The lowest BCUT2D eigenvalue weighted by Gasteiger charge is -2.22. The topological polar surface area (TPSA) is 34.1 Å². The monoisotopic (exact) mass is 268 g/mol. The van der Waals surface area contributed by atoms with Gasteiger partial charge in [0.15, 0.2) is 11.6 Å². The molecule has 0 aliphatic carbocycles. The molecular formula is C14H17FO2S. The largest absolute Gasteiger partial charge is 0.298 e. The Kier molecular flexibility index (Phi) is 4.68. The highest BCUT2D eigenvalue weighted by molar-refractivity contribution is 8.01. The SMILES string of the molecule is CC(=O)C(Sc1ccc(F)cc1)C(=O)C(C)(C)C. The van der Waals surface area contributed by atoms with E-state index in [1.807, 2.05) is 0 Å². The molecule has 1 aromatic rings. The standard InChI is InChI=1S/C14H17FO2S/c1-9(16)12(13(17)14(2,3)4)18-11-7-5-10(15)6-8-11/h5-8,12H,1-4H3. The van der Waals surface area contributed by atoms with Gasteiger partial charge in [0.25, 0.3) is 0 Å². The lowest BCUT2D eigenvalue weighted by molar-refractivity contribution is -0.130. The zero-order chi connectivity index (χ0) is 13.9. The van der Waals surface area contributed by atoms with Crippen LogP contribution in [-0.2, 0) is 9.59 Å². The third-order valence-electron chi connectivity index (χ3n) is 2.41. The summed E-state index contributed by atoms with van der Waals surface area (Å²) < 4.78 is 12.8. The van der Waals surface area contributed by atoms with E-state index in [2.05, 4.69) is 0 Å². The summed E-state index contributed by atoms with van der Waals surface area (Å²) in [6.45, 7) is 6.77. The minimum atomic E-state index is -0.726. The molecule has 0 spiro atoms. The van der Waals surface area contributed by atoms with E-state index in [4.69, 9.17) is 0 Å². The van der Waals surface area contributed by atoms with Gasteiger partial charge in [-0.25, -0.2) is 4.39 Å². The first-order valence-electron chi connectivity index (χ1n) is 5.69. The number of benzene rings is 1. The Hall–Kier alpha value is -1.16. The van der Waals surface area contributed by atoms with Gasteiger partial charge >= 0.3 is 0 Å². The van der Waals surface area contributed by atoms with Gasteiger partial charge < -0.3 is 0 Å². The van der Waals surface area contributed by atoms with Crippen LogP contribution in [0.5, 0.6) is 0 Å². The van der Waals surface area contributed by atoms with Gasteiger partial charge in [-0.2, -0.15) is 0 Å². The predicted octanol–water partition coefficient (Wildman–Crippen LogP) is 3.49. The molecule has 18 heavy (non-hydrogen) atoms. The van der Waals surface area contributed by atoms with E-state index in [0.29, 0.717) is 4.90 Å². The summed E-state index contributed by atoms with van der Waals surface area (Å²) in [6, 6.07) is 5.79. The van der Waals surface area contributed by atoms with Gasteiger partial charge in [0, 0.05) is 10.3 Å². The predicted molar refractivity (Wildman–Crippen MR) is 71.2 cm³/mol. The summed E-state index contributed by atoms with van der Waals surface area (Å²) in [5, 5.41) is -0.726. The van der Waals surface area contributed by atoms with E-state index in [0.717, 1.165) is 0 Å². The molecule has 1 aromatic carbocycles. The molecule has 98 valence electrons. The lowest BCUT2D eigenvalue weighted by Crippen LogP contribution is -2.34. The van der Waals surface area contributed by atoms with E-state index < -0.39 is 10.7 Å². The van der Waals surface area contributed by atoms with Crippen molar-refractivity contribution in [3.05, 3.63) is 30.1 Å². The van der Waals surface area contributed by atoms with Gasteiger partial charge in [0.05, 0.1) is 0 Å². The second-order valence-corrected chi connectivity index (χ2v) is 6.36. The maximum absolute atomic E-state index is 12.8.